The summed E-state index contributed by atoms with van der Waals surface area (Å²) >= 11 is 0. The number of phenols is 1. The maximum absolute atomic E-state index is 12.6. The van der Waals surface area contributed by atoms with Gasteiger partial charge in [0.1, 0.15) is 11.6 Å². The molecule has 11 aromatic rings. The predicted octanol–water partition coefficient (Wildman–Crippen LogP) is 19.1. The number of hydrogen-bond donors (Lipinski definition) is 1. The number of aromatic hydroxyl groups is 1. The Labute approximate surface area is 467 Å². The smallest absolute Gasteiger partial charge is 0.148 e. The van der Waals surface area contributed by atoms with E-state index >= 15 is 0 Å². The Kier molecular flexibility index (Phi) is 13.4. The molecule has 0 aliphatic rings. The van der Waals surface area contributed by atoms with E-state index in [9.17, 15) is 5.11 Å². The van der Waals surface area contributed by atoms with Crippen molar-refractivity contribution in [2.45, 2.75) is 72.6 Å². The van der Waals surface area contributed by atoms with Crippen LogP contribution in [0.2, 0.25) is 0 Å². The van der Waals surface area contributed by atoms with E-state index in [1.807, 2.05) is 91.1 Å². The molecule has 9 aromatic carbocycles. The fraction of sp³-hybridized carbons (Fsp3) is 0.155. The molecule has 0 saturated heterocycles. The second-order valence-corrected chi connectivity index (χ2v) is 21.3. The molecule has 11 rings (SSSR count). The molecule has 1 N–H and O–H groups in total. The first-order chi connectivity index (χ1) is 37.5. The van der Waals surface area contributed by atoms with Gasteiger partial charge in [-0.25, -0.2) is 4.98 Å². The van der Waals surface area contributed by atoms with Gasteiger partial charge in [0.15, 0.2) is 0 Å². The summed E-state index contributed by atoms with van der Waals surface area (Å²) in [6.07, 6.45) is 1.86. The summed E-state index contributed by atoms with van der Waals surface area (Å²) in [6, 6.07) is 74.2. The topological polar surface area (TPSA) is 50.9 Å². The maximum atomic E-state index is 12.6. The zero-order chi connectivity index (χ0) is 54.5. The summed E-state index contributed by atoms with van der Waals surface area (Å²) in [4.78, 5) is 10.6. The van der Waals surface area contributed by atoms with E-state index < -0.39 is 6.85 Å². The van der Waals surface area contributed by atoms with Crippen molar-refractivity contribution in [1.82, 2.24) is 14.5 Å². The van der Waals surface area contributed by atoms with Gasteiger partial charge in [-0.15, -0.1) is 23.8 Å². The number of aromatic nitrogens is 3. The molecule has 0 atom stereocenters. The monoisotopic (exact) mass is 1170 g/mol. The normalized spacial score (nSPS) is 12.4. The molecule has 0 radical (unpaired) electrons. The quantitative estimate of drug-likeness (QED) is 0.131. The summed E-state index contributed by atoms with van der Waals surface area (Å²) in [5, 5.41) is 12.6. The van der Waals surface area contributed by atoms with Crippen LogP contribution in [0.15, 0.2) is 212 Å². The number of imidazole rings is 1. The number of nitrogens with zero attached hydrogens (tertiary/aromatic N) is 3. The average molecular weight is 1170 g/mol. The molecule has 0 saturated carbocycles. The molecule has 0 spiro atoms. The van der Waals surface area contributed by atoms with Gasteiger partial charge in [-0.3, -0.25) is 9.55 Å². The number of para-hydroxylation sites is 1. The van der Waals surface area contributed by atoms with Crippen LogP contribution in [0.3, 0.4) is 0 Å². The zero-order valence-corrected chi connectivity index (χ0v) is 46.2. The van der Waals surface area contributed by atoms with Crippen LogP contribution < -0.4 is 0 Å². The van der Waals surface area contributed by atoms with E-state index in [1.165, 1.54) is 5.56 Å². The molecule has 0 unspecified atom stereocenters. The SMILES string of the molecule is [2H]C([2H])([2H])c1cc(-n2c(-c3cc(C(C)C)cc(C(C)C)c3O)nc3c(-c4[c-]c(-c5cc(-c6ccc(-c7ccccc7)cc6)ccn5)cc(-c5ccccc5)c4)cccc32)c(-c2ccccc2)cc1-c1ccc(C(C)(C)C)cc1.[Pt]. The van der Waals surface area contributed by atoms with Gasteiger partial charge in [-0.05, 0) is 121 Å². The zero-order valence-electron chi connectivity index (χ0n) is 47.0. The molecular weight excluding hydrogens is 1110 g/mol. The minimum Gasteiger partial charge on any atom is -0.507 e. The van der Waals surface area contributed by atoms with Gasteiger partial charge in [0.2, 0.25) is 0 Å². The molecule has 5 heteroatoms. The van der Waals surface area contributed by atoms with Crippen molar-refractivity contribution in [2.24, 2.45) is 0 Å². The van der Waals surface area contributed by atoms with Gasteiger partial charge in [-0.2, -0.15) is 0 Å². The average Bonchev–Trinajstić information content (AvgIpc) is 4.13. The molecule has 0 aliphatic carbocycles. The standard InChI is InChI=1S/C71H62N3O.Pt/c1-45(2)55-41-61(46(3)4)69(75)64(42-55)70-73-68-60(25-18-26-66(68)74(70)67-37-47(5)62(44-63(67)52-23-16-11-17-24-52)53-31-33-59(34-32-53)71(6,7)8)57-38-56(49-21-14-10-15-22-49)39-58(40-57)65-43-54(35-36-72-65)51-29-27-50(28-30-51)48-19-12-9-13-20-48;/h9-39,41-46,75H,1-8H3;/q-1;/i5D3;. The molecule has 4 nitrogen and oxygen atoms in total. The number of fused-ring (bicyclic) bond motifs is 1. The first kappa shape index (κ1) is 47.8. The Hall–Kier alpha value is -7.91. The number of hydrogen-bond acceptors (Lipinski definition) is 3. The van der Waals surface area contributed by atoms with Crippen molar-refractivity contribution in [3.8, 4) is 101 Å². The van der Waals surface area contributed by atoms with Gasteiger partial charge in [0, 0.05) is 42.6 Å². The van der Waals surface area contributed by atoms with Crippen molar-refractivity contribution in [1.29, 1.82) is 0 Å². The summed E-state index contributed by atoms with van der Waals surface area (Å²) in [7, 11) is 0. The van der Waals surface area contributed by atoms with E-state index in [1.54, 1.807) is 0 Å². The second-order valence-electron chi connectivity index (χ2n) is 21.3. The Morgan fingerprint density at radius 1 is 0.513 bits per heavy atom. The van der Waals surface area contributed by atoms with Crippen LogP contribution in [0.5, 0.6) is 5.75 Å². The van der Waals surface area contributed by atoms with Gasteiger partial charge < -0.3 is 5.11 Å². The molecule has 0 bridgehead atoms. The van der Waals surface area contributed by atoms with E-state index in [-0.39, 0.29) is 49.6 Å². The third-order valence-electron chi connectivity index (χ3n) is 14.5. The third-order valence-corrected chi connectivity index (χ3v) is 14.5. The van der Waals surface area contributed by atoms with Gasteiger partial charge in [-0.1, -0.05) is 229 Å². The van der Waals surface area contributed by atoms with Crippen molar-refractivity contribution >= 4 is 11.0 Å². The molecular formula is C71H62N3OPt-. The van der Waals surface area contributed by atoms with Crippen molar-refractivity contribution in [3.05, 3.63) is 241 Å². The Morgan fingerprint density at radius 2 is 1.09 bits per heavy atom. The number of benzene rings is 9. The predicted molar refractivity (Wildman–Crippen MR) is 314 cm³/mol. The van der Waals surface area contributed by atoms with Crippen LogP contribution in [0, 0.1) is 12.9 Å². The van der Waals surface area contributed by atoms with Crippen LogP contribution in [0.4, 0.5) is 0 Å². The van der Waals surface area contributed by atoms with Crippen LogP contribution in [0.1, 0.15) is 86.7 Å². The minimum absolute atomic E-state index is 0. The molecule has 2 aromatic heterocycles. The van der Waals surface area contributed by atoms with Gasteiger partial charge in [0.05, 0.1) is 22.3 Å². The second kappa shape index (κ2) is 21.4. The Balaban J connectivity index is 0.00000704. The van der Waals surface area contributed by atoms with Crippen LogP contribution >= 0.6 is 0 Å². The van der Waals surface area contributed by atoms with E-state index in [2.05, 4.69) is 180 Å². The fourth-order valence-corrected chi connectivity index (χ4v) is 10.3. The molecule has 0 amide bonds. The van der Waals surface area contributed by atoms with Crippen LogP contribution in [0.25, 0.3) is 106 Å². The number of pyridine rings is 1. The first-order valence-corrected chi connectivity index (χ1v) is 26.0. The van der Waals surface area contributed by atoms with Gasteiger partial charge >= 0.3 is 0 Å². The van der Waals surface area contributed by atoms with E-state index in [0.29, 0.717) is 28.2 Å². The number of rotatable bonds is 11. The van der Waals surface area contributed by atoms with Crippen molar-refractivity contribution < 1.29 is 30.3 Å². The largest absolute Gasteiger partial charge is 0.507 e. The summed E-state index contributed by atoms with van der Waals surface area (Å²) in [6.45, 7) is 12.5. The molecule has 0 fully saturated rings. The van der Waals surface area contributed by atoms with Crippen LogP contribution in [-0.2, 0) is 26.5 Å². The number of phenolic OH excluding ortho intramolecular Hbond substituents is 1. The van der Waals surface area contributed by atoms with Crippen LogP contribution in [-0.4, -0.2) is 19.6 Å². The Morgan fingerprint density at radius 3 is 1.71 bits per heavy atom. The molecule has 0 aliphatic heterocycles. The molecule has 76 heavy (non-hydrogen) atoms. The van der Waals surface area contributed by atoms with Gasteiger partial charge in [0.25, 0.3) is 0 Å². The Bertz CT molecular complexity index is 3970. The molecule has 378 valence electrons. The van der Waals surface area contributed by atoms with E-state index in [0.717, 1.165) is 89.1 Å². The van der Waals surface area contributed by atoms with E-state index in [4.69, 9.17) is 14.1 Å². The van der Waals surface area contributed by atoms with Crippen molar-refractivity contribution in [2.75, 3.05) is 0 Å². The maximum Gasteiger partial charge on any atom is 0.148 e. The fourth-order valence-electron chi connectivity index (χ4n) is 10.3. The first-order valence-electron chi connectivity index (χ1n) is 27.5. The molecule has 2 heterocycles. The minimum atomic E-state index is -2.51. The summed E-state index contributed by atoms with van der Waals surface area (Å²) in [5.41, 5.74) is 18.5. The summed E-state index contributed by atoms with van der Waals surface area (Å²) < 4.78 is 29.5. The summed E-state index contributed by atoms with van der Waals surface area (Å²) in [5.74, 6) is 0.760. The third kappa shape index (κ3) is 10.1. The number of aryl methyl sites for hydroxylation is 1. The van der Waals surface area contributed by atoms with Crippen molar-refractivity contribution in [3.63, 3.8) is 0 Å².